The molecule has 116 valence electrons. The van der Waals surface area contributed by atoms with Gasteiger partial charge in [0.25, 0.3) is 0 Å². The zero-order valence-electron chi connectivity index (χ0n) is 12.8. The molecule has 20 heavy (non-hydrogen) atoms. The van der Waals surface area contributed by atoms with E-state index in [0.29, 0.717) is 19.8 Å². The minimum absolute atomic E-state index is 0.0829. The Bertz CT molecular complexity index is 342. The molecule has 1 aliphatic rings. The first-order valence-corrected chi connectivity index (χ1v) is 6.88. The molecule has 6 nitrogen and oxygen atoms in total. The number of rotatable bonds is 6. The van der Waals surface area contributed by atoms with Crippen LogP contribution in [0.15, 0.2) is 0 Å². The number of carbonyl (C=O) groups excluding carboxylic acids is 2. The van der Waals surface area contributed by atoms with Crippen LogP contribution in [0.2, 0.25) is 0 Å². The average Bonchev–Trinajstić information content (AvgIpc) is 2.81. The quantitative estimate of drug-likeness (QED) is 0.739. The monoisotopic (exact) mass is 287 g/mol. The third kappa shape index (κ3) is 5.88. The van der Waals surface area contributed by atoms with E-state index in [0.717, 1.165) is 6.42 Å². The van der Waals surface area contributed by atoms with Crippen molar-refractivity contribution >= 4 is 11.9 Å². The van der Waals surface area contributed by atoms with Gasteiger partial charge in [0.05, 0.1) is 13.0 Å². The molecule has 1 amide bonds. The molecule has 0 aromatic carbocycles. The summed E-state index contributed by atoms with van der Waals surface area (Å²) in [5, 5.41) is 2.78. The van der Waals surface area contributed by atoms with Crippen LogP contribution >= 0.6 is 0 Å². The number of hydrogen-bond acceptors (Lipinski definition) is 5. The Kier molecular flexibility index (Phi) is 5.95. The summed E-state index contributed by atoms with van der Waals surface area (Å²) in [5.41, 5.74) is -0.948. The molecule has 0 aromatic heterocycles. The lowest BCUT2D eigenvalue weighted by Gasteiger charge is -2.25. The first-order chi connectivity index (χ1) is 9.26. The summed E-state index contributed by atoms with van der Waals surface area (Å²) < 4.78 is 15.8. The zero-order valence-corrected chi connectivity index (χ0v) is 12.8. The first-order valence-electron chi connectivity index (χ1n) is 6.88. The van der Waals surface area contributed by atoms with E-state index in [4.69, 9.17) is 14.2 Å². The van der Waals surface area contributed by atoms with Gasteiger partial charge in [-0.2, -0.15) is 0 Å². The van der Waals surface area contributed by atoms with Gasteiger partial charge in [-0.1, -0.05) is 0 Å². The summed E-state index contributed by atoms with van der Waals surface area (Å²) in [6, 6.07) is 0. The Labute approximate surface area is 120 Å². The first kappa shape index (κ1) is 16.9. The molecule has 1 rings (SSSR count). The van der Waals surface area contributed by atoms with Crippen LogP contribution in [0.4, 0.5) is 0 Å². The van der Waals surface area contributed by atoms with Crippen molar-refractivity contribution in [1.82, 2.24) is 5.32 Å². The van der Waals surface area contributed by atoms with Gasteiger partial charge in [0.2, 0.25) is 5.91 Å². The van der Waals surface area contributed by atoms with Crippen molar-refractivity contribution in [1.29, 1.82) is 0 Å². The molecule has 0 spiro atoms. The maximum Gasteiger partial charge on any atom is 0.306 e. The normalized spacial score (nSPS) is 22.6. The Morgan fingerprint density at radius 3 is 2.50 bits per heavy atom. The second-order valence-electron chi connectivity index (χ2n) is 6.05. The van der Waals surface area contributed by atoms with Gasteiger partial charge >= 0.3 is 5.97 Å². The van der Waals surface area contributed by atoms with Crippen LogP contribution in [0.1, 0.15) is 40.0 Å². The van der Waals surface area contributed by atoms with E-state index in [1.807, 2.05) is 0 Å². The smallest absolute Gasteiger partial charge is 0.306 e. The van der Waals surface area contributed by atoms with Gasteiger partial charge in [-0.05, 0) is 20.8 Å². The minimum atomic E-state index is -0.519. The molecule has 0 saturated carbocycles. The van der Waals surface area contributed by atoms with Crippen LogP contribution in [0, 0.1) is 0 Å². The molecule has 1 aliphatic heterocycles. The second kappa shape index (κ2) is 7.04. The van der Waals surface area contributed by atoms with Crippen molar-refractivity contribution < 1.29 is 23.8 Å². The Balaban J connectivity index is 2.25. The summed E-state index contributed by atoms with van der Waals surface area (Å²) in [7, 11) is 1.61. The minimum Gasteiger partial charge on any atom is -0.460 e. The molecule has 0 bridgehead atoms. The van der Waals surface area contributed by atoms with E-state index < -0.39 is 11.2 Å². The highest BCUT2D eigenvalue weighted by atomic mass is 16.6. The fourth-order valence-corrected chi connectivity index (χ4v) is 1.92. The van der Waals surface area contributed by atoms with Crippen LogP contribution in [0.3, 0.4) is 0 Å². The van der Waals surface area contributed by atoms with Gasteiger partial charge in [0.15, 0.2) is 0 Å². The molecule has 1 unspecified atom stereocenters. The highest BCUT2D eigenvalue weighted by Gasteiger charge is 2.35. The fourth-order valence-electron chi connectivity index (χ4n) is 1.92. The molecule has 1 heterocycles. The lowest BCUT2D eigenvalue weighted by atomic mass is 10.0. The number of esters is 1. The SMILES string of the molecule is COC1(CNC(=O)CCC(=O)OC(C)(C)C)CCOC1. The standard InChI is InChI=1S/C14H25NO5/c1-13(2,3)20-12(17)6-5-11(16)15-9-14(18-4)7-8-19-10-14/h5-10H2,1-4H3,(H,15,16). The lowest BCUT2D eigenvalue weighted by molar-refractivity contribution is -0.155. The van der Waals surface area contributed by atoms with Crippen LogP contribution in [0.25, 0.3) is 0 Å². The van der Waals surface area contributed by atoms with Crippen molar-refractivity contribution in [3.63, 3.8) is 0 Å². The van der Waals surface area contributed by atoms with Gasteiger partial charge < -0.3 is 19.5 Å². The summed E-state index contributed by atoms with van der Waals surface area (Å²) in [6.07, 6.45) is 0.963. The van der Waals surface area contributed by atoms with E-state index in [2.05, 4.69) is 5.32 Å². The Morgan fingerprint density at radius 2 is 2.00 bits per heavy atom. The van der Waals surface area contributed by atoms with Crippen LogP contribution in [-0.4, -0.2) is 49.9 Å². The highest BCUT2D eigenvalue weighted by Crippen LogP contribution is 2.21. The number of nitrogens with one attached hydrogen (secondary N) is 1. The summed E-state index contributed by atoms with van der Waals surface area (Å²) in [6.45, 7) is 6.92. The van der Waals surface area contributed by atoms with Gasteiger partial charge in [0.1, 0.15) is 11.2 Å². The number of ether oxygens (including phenoxy) is 3. The molecule has 1 fully saturated rings. The Hall–Kier alpha value is -1.14. The van der Waals surface area contributed by atoms with E-state index in [-0.39, 0.29) is 24.7 Å². The third-order valence-corrected chi connectivity index (χ3v) is 3.08. The molecule has 1 atom stereocenters. The highest BCUT2D eigenvalue weighted by molar-refractivity contribution is 5.81. The zero-order chi connectivity index (χ0) is 15.2. The maximum atomic E-state index is 11.7. The molecule has 6 heteroatoms. The van der Waals surface area contributed by atoms with Crippen molar-refractivity contribution in [2.24, 2.45) is 0 Å². The molecule has 0 radical (unpaired) electrons. The molecule has 1 N–H and O–H groups in total. The predicted molar refractivity (Wildman–Crippen MR) is 73.3 cm³/mol. The average molecular weight is 287 g/mol. The molecule has 0 aromatic rings. The maximum absolute atomic E-state index is 11.7. The van der Waals surface area contributed by atoms with E-state index in [1.165, 1.54) is 0 Å². The number of hydrogen-bond donors (Lipinski definition) is 1. The van der Waals surface area contributed by atoms with Crippen LogP contribution in [-0.2, 0) is 23.8 Å². The molecule has 0 aliphatic carbocycles. The van der Waals surface area contributed by atoms with Gasteiger partial charge in [-0.25, -0.2) is 0 Å². The van der Waals surface area contributed by atoms with Crippen molar-refractivity contribution in [2.75, 3.05) is 26.9 Å². The summed E-state index contributed by atoms with van der Waals surface area (Å²) >= 11 is 0. The third-order valence-electron chi connectivity index (χ3n) is 3.08. The van der Waals surface area contributed by atoms with Gasteiger partial charge in [-0.3, -0.25) is 9.59 Å². The largest absolute Gasteiger partial charge is 0.460 e. The van der Waals surface area contributed by atoms with Crippen LogP contribution < -0.4 is 5.32 Å². The number of amides is 1. The number of carbonyl (C=O) groups is 2. The van der Waals surface area contributed by atoms with E-state index in [9.17, 15) is 9.59 Å². The number of methoxy groups -OCH3 is 1. The molecular weight excluding hydrogens is 262 g/mol. The van der Waals surface area contributed by atoms with Gasteiger partial charge in [-0.15, -0.1) is 0 Å². The second-order valence-corrected chi connectivity index (χ2v) is 6.05. The molecule has 1 saturated heterocycles. The van der Waals surface area contributed by atoms with Gasteiger partial charge in [0, 0.05) is 33.1 Å². The van der Waals surface area contributed by atoms with Crippen LogP contribution in [0.5, 0.6) is 0 Å². The summed E-state index contributed by atoms with van der Waals surface area (Å²) in [4.78, 5) is 23.2. The van der Waals surface area contributed by atoms with E-state index in [1.54, 1.807) is 27.9 Å². The Morgan fingerprint density at radius 1 is 1.30 bits per heavy atom. The van der Waals surface area contributed by atoms with Crippen molar-refractivity contribution in [3.8, 4) is 0 Å². The lowest BCUT2D eigenvalue weighted by Crippen LogP contribution is -2.45. The van der Waals surface area contributed by atoms with Crippen molar-refractivity contribution in [3.05, 3.63) is 0 Å². The predicted octanol–water partition coefficient (Wildman–Crippen LogP) is 1.03. The van der Waals surface area contributed by atoms with E-state index >= 15 is 0 Å². The van der Waals surface area contributed by atoms with Crippen molar-refractivity contribution in [2.45, 2.75) is 51.2 Å². The molecular formula is C14H25NO5. The topological polar surface area (TPSA) is 73.9 Å². The fraction of sp³-hybridized carbons (Fsp3) is 0.857. The summed E-state index contributed by atoms with van der Waals surface area (Å²) in [5.74, 6) is -0.544.